The van der Waals surface area contributed by atoms with Gasteiger partial charge in [-0.05, 0) is 30.3 Å². The number of halogens is 3. The first-order valence-electron chi connectivity index (χ1n) is 9.29. The zero-order chi connectivity index (χ0) is 22.1. The van der Waals surface area contributed by atoms with Crippen molar-refractivity contribution >= 4 is 35.0 Å². The molecule has 1 fully saturated rings. The molecule has 4 rings (SSSR count). The maximum atomic E-state index is 13.5. The van der Waals surface area contributed by atoms with Crippen molar-refractivity contribution in [2.45, 2.75) is 34.7 Å². The molecule has 5 atom stereocenters. The van der Waals surface area contributed by atoms with Crippen molar-refractivity contribution in [1.29, 1.82) is 0 Å². The minimum absolute atomic E-state index is 0.350. The number of aliphatic hydroxyl groups is 3. The number of aliphatic hydroxyl groups excluding tert-OH is 3. The summed E-state index contributed by atoms with van der Waals surface area (Å²) in [6, 6.07) is 9.88. The van der Waals surface area contributed by atoms with Crippen LogP contribution in [0.25, 0.3) is 11.3 Å². The highest BCUT2D eigenvalue weighted by Gasteiger charge is 2.46. The highest BCUT2D eigenvalue weighted by Crippen LogP contribution is 2.39. The lowest BCUT2D eigenvalue weighted by molar-refractivity contribution is -0.178. The first-order chi connectivity index (χ1) is 14.9. The molecular formula is C20H18Cl2FN3O4S. The molecule has 11 heteroatoms. The smallest absolute Gasteiger partial charge is 0.136 e. The predicted octanol–water partition coefficient (Wildman–Crippen LogP) is 3.16. The Bertz CT molecular complexity index is 1070. The summed E-state index contributed by atoms with van der Waals surface area (Å²) in [6.45, 7) is -0.464. The maximum absolute atomic E-state index is 13.5. The summed E-state index contributed by atoms with van der Waals surface area (Å²) >= 11 is 13.2. The monoisotopic (exact) mass is 485 g/mol. The number of hydrogen-bond donors (Lipinski definition) is 3. The van der Waals surface area contributed by atoms with Gasteiger partial charge in [0.2, 0.25) is 0 Å². The molecule has 31 heavy (non-hydrogen) atoms. The van der Waals surface area contributed by atoms with Gasteiger partial charge in [0, 0.05) is 10.5 Å². The van der Waals surface area contributed by atoms with Gasteiger partial charge in [0.25, 0.3) is 0 Å². The van der Waals surface area contributed by atoms with E-state index in [0.29, 0.717) is 26.2 Å². The van der Waals surface area contributed by atoms with Crippen LogP contribution >= 0.6 is 35.0 Å². The number of hydrogen-bond acceptors (Lipinski definition) is 7. The van der Waals surface area contributed by atoms with Crippen molar-refractivity contribution < 1.29 is 24.4 Å². The third-order valence-electron chi connectivity index (χ3n) is 4.93. The van der Waals surface area contributed by atoms with Crippen molar-refractivity contribution in [3.05, 3.63) is 64.5 Å². The van der Waals surface area contributed by atoms with Gasteiger partial charge in [-0.1, -0.05) is 52.3 Å². The van der Waals surface area contributed by atoms with Crippen LogP contribution in [0.3, 0.4) is 0 Å². The summed E-state index contributed by atoms with van der Waals surface area (Å²) in [4.78, 5) is 0.685. The summed E-state index contributed by atoms with van der Waals surface area (Å²) in [7, 11) is 0. The van der Waals surface area contributed by atoms with Gasteiger partial charge >= 0.3 is 0 Å². The number of aromatic nitrogens is 3. The second-order valence-corrected chi connectivity index (χ2v) is 8.97. The highest BCUT2D eigenvalue weighted by atomic mass is 35.5. The van der Waals surface area contributed by atoms with E-state index < -0.39 is 42.2 Å². The molecule has 2 aromatic carbocycles. The Morgan fingerprint density at radius 1 is 1.10 bits per heavy atom. The van der Waals surface area contributed by atoms with Gasteiger partial charge in [-0.3, -0.25) is 0 Å². The largest absolute Gasteiger partial charge is 0.394 e. The quantitative estimate of drug-likeness (QED) is 0.510. The van der Waals surface area contributed by atoms with Crippen LogP contribution in [-0.4, -0.2) is 60.7 Å². The Morgan fingerprint density at radius 2 is 1.90 bits per heavy atom. The van der Waals surface area contributed by atoms with Gasteiger partial charge in [0.15, 0.2) is 0 Å². The summed E-state index contributed by atoms with van der Waals surface area (Å²) < 4.78 is 20.6. The maximum Gasteiger partial charge on any atom is 0.136 e. The molecule has 7 nitrogen and oxygen atoms in total. The molecule has 0 bridgehead atoms. The van der Waals surface area contributed by atoms with Crippen LogP contribution in [-0.2, 0) is 4.74 Å². The Hall–Kier alpha value is -1.72. The summed E-state index contributed by atoms with van der Waals surface area (Å²) in [5.74, 6) is -0.420. The summed E-state index contributed by atoms with van der Waals surface area (Å²) in [5.41, 5.74) is 0.0342. The number of rotatable bonds is 5. The zero-order valence-electron chi connectivity index (χ0n) is 15.8. The predicted molar refractivity (Wildman–Crippen MR) is 115 cm³/mol. The average Bonchev–Trinajstić information content (AvgIpc) is 3.22. The zero-order valence-corrected chi connectivity index (χ0v) is 18.2. The molecule has 0 spiro atoms. The SMILES string of the molecule is OCC1OC(Sc2ccc(Cl)c(Cl)c2)C(O)C(n2cc(-c3cccc(F)c3)nn2)C1O. The molecule has 0 amide bonds. The van der Waals surface area contributed by atoms with Crippen molar-refractivity contribution in [2.75, 3.05) is 6.61 Å². The van der Waals surface area contributed by atoms with E-state index in [-0.39, 0.29) is 0 Å². The van der Waals surface area contributed by atoms with E-state index >= 15 is 0 Å². The fourth-order valence-corrected chi connectivity index (χ4v) is 4.83. The lowest BCUT2D eigenvalue weighted by atomic mass is 9.97. The van der Waals surface area contributed by atoms with Crippen LogP contribution in [0.1, 0.15) is 6.04 Å². The molecule has 3 N–H and O–H groups in total. The molecular weight excluding hydrogens is 468 g/mol. The minimum atomic E-state index is -1.26. The number of thioether (sulfide) groups is 1. The molecule has 5 unspecified atom stereocenters. The van der Waals surface area contributed by atoms with E-state index in [4.69, 9.17) is 27.9 Å². The second kappa shape index (κ2) is 9.41. The molecule has 0 radical (unpaired) electrons. The van der Waals surface area contributed by atoms with E-state index in [1.807, 2.05) is 0 Å². The Balaban J connectivity index is 1.62. The molecule has 1 aromatic heterocycles. The lowest BCUT2D eigenvalue weighted by Gasteiger charge is -2.41. The molecule has 2 heterocycles. The van der Waals surface area contributed by atoms with Crippen LogP contribution in [0, 0.1) is 5.82 Å². The van der Waals surface area contributed by atoms with Crippen LogP contribution in [0.5, 0.6) is 0 Å². The van der Waals surface area contributed by atoms with E-state index in [2.05, 4.69) is 10.3 Å². The van der Waals surface area contributed by atoms with Crippen LogP contribution in [0.2, 0.25) is 10.0 Å². The van der Waals surface area contributed by atoms with Gasteiger partial charge in [0.05, 0.1) is 22.8 Å². The first-order valence-corrected chi connectivity index (χ1v) is 10.9. The fraction of sp³-hybridized carbons (Fsp3) is 0.300. The van der Waals surface area contributed by atoms with Gasteiger partial charge in [-0.2, -0.15) is 0 Å². The van der Waals surface area contributed by atoms with E-state index in [0.717, 1.165) is 0 Å². The van der Waals surface area contributed by atoms with Crippen molar-refractivity contribution in [2.24, 2.45) is 0 Å². The van der Waals surface area contributed by atoms with Crippen molar-refractivity contribution in [3.63, 3.8) is 0 Å². The van der Waals surface area contributed by atoms with E-state index in [1.165, 1.54) is 34.8 Å². The third kappa shape index (κ3) is 4.73. The third-order valence-corrected chi connectivity index (χ3v) is 6.82. The van der Waals surface area contributed by atoms with Crippen LogP contribution < -0.4 is 0 Å². The van der Waals surface area contributed by atoms with Crippen molar-refractivity contribution in [1.82, 2.24) is 15.0 Å². The Kier molecular flexibility index (Phi) is 6.83. The fourth-order valence-electron chi connectivity index (χ4n) is 3.36. The summed E-state index contributed by atoms with van der Waals surface area (Å²) in [5, 5.41) is 40.2. The number of ether oxygens (including phenoxy) is 1. The molecule has 164 valence electrons. The van der Waals surface area contributed by atoms with Gasteiger partial charge < -0.3 is 20.1 Å². The molecule has 1 saturated heterocycles. The second-order valence-electron chi connectivity index (χ2n) is 6.99. The standard InChI is InChI=1S/C20H18Cl2FN3O4S/c21-13-5-4-12(7-14(13)22)31-20-19(29)17(18(28)16(9-27)30-20)26-8-15(24-25-26)10-2-1-3-11(23)6-10/h1-8,16-20,27-29H,9H2. The van der Waals surface area contributed by atoms with Gasteiger partial charge in [-0.25, -0.2) is 9.07 Å². The average molecular weight is 486 g/mol. The number of benzene rings is 2. The minimum Gasteiger partial charge on any atom is -0.394 e. The van der Waals surface area contributed by atoms with Crippen molar-refractivity contribution in [3.8, 4) is 11.3 Å². The van der Waals surface area contributed by atoms with Gasteiger partial charge in [0.1, 0.15) is 41.3 Å². The Labute approximate surface area is 191 Å². The normalized spacial score (nSPS) is 26.2. The topological polar surface area (TPSA) is 101 Å². The molecule has 3 aromatic rings. The number of nitrogens with zero attached hydrogens (tertiary/aromatic N) is 3. The van der Waals surface area contributed by atoms with Gasteiger partial charge in [-0.15, -0.1) is 5.10 Å². The molecule has 1 aliphatic rings. The van der Waals surface area contributed by atoms with Crippen LogP contribution in [0.15, 0.2) is 53.6 Å². The summed E-state index contributed by atoms with van der Waals surface area (Å²) in [6.07, 6.45) is -1.92. The molecule has 0 aliphatic carbocycles. The lowest BCUT2D eigenvalue weighted by Crippen LogP contribution is -2.55. The molecule has 1 aliphatic heterocycles. The first kappa shape index (κ1) is 22.5. The van der Waals surface area contributed by atoms with Crippen LogP contribution in [0.4, 0.5) is 4.39 Å². The highest BCUT2D eigenvalue weighted by molar-refractivity contribution is 7.99. The molecule has 0 saturated carbocycles. The Morgan fingerprint density at radius 3 is 2.61 bits per heavy atom. The van der Waals surface area contributed by atoms with E-state index in [9.17, 15) is 19.7 Å². The van der Waals surface area contributed by atoms with E-state index in [1.54, 1.807) is 30.3 Å².